The lowest BCUT2D eigenvalue weighted by Gasteiger charge is -2.08. The van der Waals surface area contributed by atoms with E-state index in [1.165, 1.54) is 0 Å². The van der Waals surface area contributed by atoms with E-state index in [1.54, 1.807) is 0 Å². The van der Waals surface area contributed by atoms with E-state index in [9.17, 15) is 28.8 Å². The van der Waals surface area contributed by atoms with Gasteiger partial charge in [-0.3, -0.25) is 19.2 Å². The summed E-state index contributed by atoms with van der Waals surface area (Å²) in [7, 11) is 0. The smallest absolute Gasteiger partial charge is 0.332 e. The van der Waals surface area contributed by atoms with Gasteiger partial charge in [-0.2, -0.15) is 0 Å². The maximum absolute atomic E-state index is 11.3. The Bertz CT molecular complexity index is 572. The summed E-state index contributed by atoms with van der Waals surface area (Å²) in [5, 5.41) is 34.3. The van der Waals surface area contributed by atoms with Gasteiger partial charge in [-0.25, -0.2) is 9.59 Å². The van der Waals surface area contributed by atoms with Crippen molar-refractivity contribution in [3.05, 3.63) is 11.6 Å². The van der Waals surface area contributed by atoms with Gasteiger partial charge in [0.1, 0.15) is 0 Å². The normalized spacial score (nSPS) is 12.1. The molecule has 0 spiro atoms. The van der Waals surface area contributed by atoms with Crippen molar-refractivity contribution in [2.45, 2.75) is 19.3 Å². The zero-order chi connectivity index (χ0) is 18.2. The first-order valence-corrected chi connectivity index (χ1v) is 5.87. The second-order valence-corrected chi connectivity index (χ2v) is 4.17. The molecule has 0 rings (SSSR count). The van der Waals surface area contributed by atoms with Crippen molar-refractivity contribution in [2.75, 3.05) is 0 Å². The fourth-order valence-electron chi connectivity index (χ4n) is 1.36. The Morgan fingerprint density at radius 3 is 1.83 bits per heavy atom. The van der Waals surface area contributed by atoms with Crippen molar-refractivity contribution in [3.63, 3.8) is 0 Å². The van der Waals surface area contributed by atoms with Crippen molar-refractivity contribution < 1.29 is 53.9 Å². The molecule has 0 aliphatic carbocycles. The second kappa shape index (κ2) is 8.92. The third kappa shape index (κ3) is 8.60. The van der Waals surface area contributed by atoms with Crippen LogP contribution in [0.5, 0.6) is 0 Å². The second-order valence-electron chi connectivity index (χ2n) is 4.17. The summed E-state index contributed by atoms with van der Waals surface area (Å²) in [6, 6.07) is 0. The Hall–Kier alpha value is -3.24. The van der Waals surface area contributed by atoms with Gasteiger partial charge < -0.3 is 25.2 Å². The summed E-state index contributed by atoms with van der Waals surface area (Å²) in [5.41, 5.74) is -0.851. The summed E-state index contributed by atoms with van der Waals surface area (Å²) in [4.78, 5) is 64.9. The van der Waals surface area contributed by atoms with Crippen LogP contribution in [-0.4, -0.2) is 56.2 Å². The molecule has 11 heteroatoms. The van der Waals surface area contributed by atoms with Crippen LogP contribution in [-0.2, 0) is 33.5 Å². The van der Waals surface area contributed by atoms with Gasteiger partial charge in [0, 0.05) is 6.08 Å². The standard InChI is InChI=1S/C12H12O11/c13-7(14)1-5(11(19)20)3-9(17)23-10(18)4-6(12(21)22)2-8(15)16/h1,6H,2-4H2,(H,13,14)(H,15,16)(H,19,20)(H,21,22). The molecule has 0 saturated heterocycles. The average Bonchev–Trinajstić information content (AvgIpc) is 2.35. The highest BCUT2D eigenvalue weighted by Crippen LogP contribution is 2.12. The number of rotatable bonds is 9. The third-order valence-electron chi connectivity index (χ3n) is 2.32. The van der Waals surface area contributed by atoms with Gasteiger partial charge >= 0.3 is 35.8 Å². The molecule has 0 heterocycles. The molecule has 1 atom stereocenters. The zero-order valence-electron chi connectivity index (χ0n) is 11.4. The number of aliphatic carboxylic acids is 4. The first-order chi connectivity index (χ1) is 10.5. The van der Waals surface area contributed by atoms with Gasteiger partial charge in [-0.1, -0.05) is 0 Å². The Morgan fingerprint density at radius 2 is 1.43 bits per heavy atom. The summed E-state index contributed by atoms with van der Waals surface area (Å²) in [6.45, 7) is 0. The van der Waals surface area contributed by atoms with Crippen LogP contribution in [0, 0.1) is 5.92 Å². The van der Waals surface area contributed by atoms with Crippen LogP contribution in [0.4, 0.5) is 0 Å². The molecule has 0 bridgehead atoms. The van der Waals surface area contributed by atoms with Crippen LogP contribution < -0.4 is 0 Å². The van der Waals surface area contributed by atoms with E-state index < -0.39 is 66.6 Å². The Kier molecular flexibility index (Phi) is 7.66. The average molecular weight is 332 g/mol. The van der Waals surface area contributed by atoms with Crippen molar-refractivity contribution in [1.82, 2.24) is 0 Å². The molecular formula is C12H12O11. The van der Waals surface area contributed by atoms with Crippen LogP contribution in [0.25, 0.3) is 0 Å². The highest BCUT2D eigenvalue weighted by Gasteiger charge is 2.26. The van der Waals surface area contributed by atoms with Crippen LogP contribution in [0.15, 0.2) is 11.6 Å². The Balaban J connectivity index is 4.74. The molecule has 0 aliphatic heterocycles. The molecule has 0 aromatic heterocycles. The molecule has 0 fully saturated rings. The molecule has 0 aliphatic rings. The molecule has 0 aromatic rings. The lowest BCUT2D eigenvalue weighted by Crippen LogP contribution is -2.24. The van der Waals surface area contributed by atoms with E-state index in [-0.39, 0.29) is 6.08 Å². The molecule has 23 heavy (non-hydrogen) atoms. The zero-order valence-corrected chi connectivity index (χ0v) is 11.4. The van der Waals surface area contributed by atoms with E-state index >= 15 is 0 Å². The molecular weight excluding hydrogens is 320 g/mol. The van der Waals surface area contributed by atoms with Crippen molar-refractivity contribution in [2.24, 2.45) is 5.92 Å². The number of ether oxygens (including phenoxy) is 1. The van der Waals surface area contributed by atoms with E-state index in [1.807, 2.05) is 0 Å². The molecule has 0 amide bonds. The minimum Gasteiger partial charge on any atom is -0.481 e. The summed E-state index contributed by atoms with van der Waals surface area (Å²) in [6.07, 6.45) is -2.60. The summed E-state index contributed by atoms with van der Waals surface area (Å²) < 4.78 is 4.14. The predicted octanol–water partition coefficient (Wildman–Crippen LogP) is -0.892. The van der Waals surface area contributed by atoms with E-state index in [2.05, 4.69) is 4.74 Å². The topological polar surface area (TPSA) is 193 Å². The molecule has 126 valence electrons. The number of hydrogen-bond acceptors (Lipinski definition) is 7. The van der Waals surface area contributed by atoms with Crippen molar-refractivity contribution in [3.8, 4) is 0 Å². The lowest BCUT2D eigenvalue weighted by atomic mass is 10.0. The van der Waals surface area contributed by atoms with E-state index in [4.69, 9.17) is 20.4 Å². The third-order valence-corrected chi connectivity index (χ3v) is 2.32. The lowest BCUT2D eigenvalue weighted by molar-refractivity contribution is -0.163. The predicted molar refractivity (Wildman–Crippen MR) is 67.1 cm³/mol. The number of carboxylic acid groups (broad SMARTS) is 4. The van der Waals surface area contributed by atoms with Crippen LogP contribution in [0.3, 0.4) is 0 Å². The van der Waals surface area contributed by atoms with Gasteiger partial charge in [0.2, 0.25) is 0 Å². The quantitative estimate of drug-likeness (QED) is 0.232. The van der Waals surface area contributed by atoms with E-state index in [0.29, 0.717) is 0 Å². The Morgan fingerprint density at radius 1 is 0.870 bits per heavy atom. The summed E-state index contributed by atoms with van der Waals surface area (Å²) in [5.74, 6) is -10.8. The van der Waals surface area contributed by atoms with Gasteiger partial charge in [0.25, 0.3) is 0 Å². The fraction of sp³-hybridized carbons (Fsp3) is 0.333. The number of carboxylic acids is 4. The van der Waals surface area contributed by atoms with Crippen molar-refractivity contribution in [1.29, 1.82) is 0 Å². The van der Waals surface area contributed by atoms with Gasteiger partial charge in [-0.15, -0.1) is 0 Å². The summed E-state index contributed by atoms with van der Waals surface area (Å²) >= 11 is 0. The van der Waals surface area contributed by atoms with Gasteiger partial charge in [0.05, 0.1) is 30.8 Å². The van der Waals surface area contributed by atoms with Crippen LogP contribution in [0.1, 0.15) is 19.3 Å². The number of carbonyl (C=O) groups excluding carboxylic acids is 2. The van der Waals surface area contributed by atoms with Crippen LogP contribution >= 0.6 is 0 Å². The maximum Gasteiger partial charge on any atom is 0.332 e. The minimum atomic E-state index is -1.72. The van der Waals surface area contributed by atoms with Gasteiger partial charge in [-0.05, 0) is 0 Å². The molecule has 0 radical (unpaired) electrons. The molecule has 11 nitrogen and oxygen atoms in total. The van der Waals surface area contributed by atoms with Gasteiger partial charge in [0.15, 0.2) is 0 Å². The van der Waals surface area contributed by atoms with Crippen molar-refractivity contribution >= 4 is 35.8 Å². The minimum absolute atomic E-state index is 0.235. The molecule has 0 saturated carbocycles. The monoisotopic (exact) mass is 332 g/mol. The van der Waals surface area contributed by atoms with E-state index in [0.717, 1.165) is 0 Å². The molecule has 1 unspecified atom stereocenters. The Labute approximate surface area is 127 Å². The first kappa shape index (κ1) is 19.8. The highest BCUT2D eigenvalue weighted by atomic mass is 16.6. The number of carbonyl (C=O) groups is 6. The van der Waals surface area contributed by atoms with Crippen LogP contribution in [0.2, 0.25) is 0 Å². The fourth-order valence-corrected chi connectivity index (χ4v) is 1.36. The number of hydrogen-bond donors (Lipinski definition) is 4. The molecule has 4 N–H and O–H groups in total. The first-order valence-electron chi connectivity index (χ1n) is 5.87. The number of esters is 2. The largest absolute Gasteiger partial charge is 0.481 e. The maximum atomic E-state index is 11.3. The highest BCUT2D eigenvalue weighted by molar-refractivity contribution is 6.00. The molecule has 0 aromatic carbocycles. The SMILES string of the molecule is O=C(O)C=C(CC(=O)OC(=O)CC(CC(=O)O)C(=O)O)C(=O)O.